The van der Waals surface area contributed by atoms with Crippen molar-refractivity contribution >= 4 is 17.6 Å². The standard InChI is InChI=1S/C20H29NO5/c1-4-13-26-20(11-7-6-8-12-20)19(23)21-15-9-10-17(25-5-2)16(14-15)18(22)24-3/h9-10,14H,4-8,11-13H2,1-3H3,(H,21,23). The van der Waals surface area contributed by atoms with Gasteiger partial charge in [0.1, 0.15) is 16.9 Å². The zero-order chi connectivity index (χ0) is 19.0. The van der Waals surface area contributed by atoms with Crippen LogP contribution in [0, 0.1) is 0 Å². The highest BCUT2D eigenvalue weighted by Crippen LogP contribution is 2.33. The summed E-state index contributed by atoms with van der Waals surface area (Å²) in [6.07, 6.45) is 5.39. The molecule has 0 aromatic heterocycles. The minimum Gasteiger partial charge on any atom is -0.493 e. The molecule has 0 heterocycles. The topological polar surface area (TPSA) is 73.9 Å². The van der Waals surface area contributed by atoms with E-state index < -0.39 is 11.6 Å². The summed E-state index contributed by atoms with van der Waals surface area (Å²) in [6.45, 7) is 4.87. The minimum absolute atomic E-state index is 0.148. The van der Waals surface area contributed by atoms with E-state index in [4.69, 9.17) is 14.2 Å². The molecular formula is C20H29NO5. The number of hydrogen-bond acceptors (Lipinski definition) is 5. The molecule has 0 saturated heterocycles. The molecule has 144 valence electrons. The average molecular weight is 363 g/mol. The van der Waals surface area contributed by atoms with E-state index >= 15 is 0 Å². The van der Waals surface area contributed by atoms with Crippen LogP contribution in [-0.4, -0.2) is 37.8 Å². The van der Waals surface area contributed by atoms with Crippen LogP contribution in [0.4, 0.5) is 5.69 Å². The van der Waals surface area contributed by atoms with Crippen LogP contribution in [0.25, 0.3) is 0 Å². The molecule has 0 bridgehead atoms. The van der Waals surface area contributed by atoms with Gasteiger partial charge in [0.25, 0.3) is 5.91 Å². The van der Waals surface area contributed by atoms with Crippen molar-refractivity contribution in [3.63, 3.8) is 0 Å². The number of benzene rings is 1. The number of rotatable bonds is 8. The van der Waals surface area contributed by atoms with E-state index in [1.54, 1.807) is 18.2 Å². The molecule has 0 aliphatic heterocycles. The first-order valence-electron chi connectivity index (χ1n) is 9.37. The SMILES string of the molecule is CCCOC1(C(=O)Nc2ccc(OCC)c(C(=O)OC)c2)CCCCC1. The van der Waals surface area contributed by atoms with Gasteiger partial charge in [-0.05, 0) is 44.4 Å². The van der Waals surface area contributed by atoms with E-state index in [-0.39, 0.29) is 5.91 Å². The maximum Gasteiger partial charge on any atom is 0.341 e. The van der Waals surface area contributed by atoms with Gasteiger partial charge in [-0.15, -0.1) is 0 Å². The fraction of sp³-hybridized carbons (Fsp3) is 0.600. The highest BCUT2D eigenvalue weighted by atomic mass is 16.5. The first-order chi connectivity index (χ1) is 12.6. The number of ether oxygens (including phenoxy) is 3. The molecule has 1 fully saturated rings. The van der Waals surface area contributed by atoms with E-state index in [1.807, 2.05) is 13.8 Å². The highest BCUT2D eigenvalue weighted by Gasteiger charge is 2.40. The smallest absolute Gasteiger partial charge is 0.341 e. The molecule has 6 heteroatoms. The third-order valence-electron chi connectivity index (χ3n) is 4.60. The van der Waals surface area contributed by atoms with Gasteiger partial charge in [0, 0.05) is 12.3 Å². The second-order valence-corrected chi connectivity index (χ2v) is 6.49. The minimum atomic E-state index is -0.779. The van der Waals surface area contributed by atoms with Crippen LogP contribution < -0.4 is 10.1 Å². The number of nitrogens with one attached hydrogen (secondary N) is 1. The van der Waals surface area contributed by atoms with Crippen molar-refractivity contribution in [3.8, 4) is 5.75 Å². The first-order valence-corrected chi connectivity index (χ1v) is 9.37. The first kappa shape index (κ1) is 20.2. The highest BCUT2D eigenvalue weighted by molar-refractivity contribution is 5.99. The van der Waals surface area contributed by atoms with Gasteiger partial charge in [0.2, 0.25) is 0 Å². The number of esters is 1. The van der Waals surface area contributed by atoms with E-state index in [0.29, 0.717) is 30.2 Å². The summed E-state index contributed by atoms with van der Waals surface area (Å²) < 4.78 is 16.3. The summed E-state index contributed by atoms with van der Waals surface area (Å²) in [5.41, 5.74) is 0.0429. The van der Waals surface area contributed by atoms with Crippen LogP contribution in [0.5, 0.6) is 5.75 Å². The van der Waals surface area contributed by atoms with E-state index in [1.165, 1.54) is 7.11 Å². The molecular weight excluding hydrogens is 334 g/mol. The Bertz CT molecular complexity index is 623. The maximum absolute atomic E-state index is 13.0. The molecule has 1 aromatic carbocycles. The molecule has 1 saturated carbocycles. The molecule has 1 N–H and O–H groups in total. The molecule has 1 amide bonds. The summed E-state index contributed by atoms with van der Waals surface area (Å²) in [5, 5.41) is 2.92. The molecule has 26 heavy (non-hydrogen) atoms. The number of carbonyl (C=O) groups excluding carboxylic acids is 2. The van der Waals surface area contributed by atoms with Gasteiger partial charge in [-0.1, -0.05) is 26.2 Å². The van der Waals surface area contributed by atoms with Crippen molar-refractivity contribution in [1.29, 1.82) is 0 Å². The van der Waals surface area contributed by atoms with Crippen LogP contribution >= 0.6 is 0 Å². The van der Waals surface area contributed by atoms with Crippen molar-refractivity contribution in [2.45, 2.75) is 58.0 Å². The summed E-state index contributed by atoms with van der Waals surface area (Å²) in [7, 11) is 1.32. The predicted molar refractivity (Wildman–Crippen MR) is 99.6 cm³/mol. The molecule has 6 nitrogen and oxygen atoms in total. The number of methoxy groups -OCH3 is 1. The fourth-order valence-electron chi connectivity index (χ4n) is 3.26. The summed E-state index contributed by atoms with van der Waals surface area (Å²) in [6, 6.07) is 4.99. The van der Waals surface area contributed by atoms with Gasteiger partial charge in [0.05, 0.1) is 13.7 Å². The van der Waals surface area contributed by atoms with Crippen molar-refractivity contribution in [1.82, 2.24) is 0 Å². The molecule has 0 unspecified atom stereocenters. The Morgan fingerprint density at radius 1 is 1.15 bits per heavy atom. The van der Waals surface area contributed by atoms with Crippen molar-refractivity contribution in [2.24, 2.45) is 0 Å². The number of hydrogen-bond donors (Lipinski definition) is 1. The molecule has 1 aliphatic rings. The Labute approximate surface area is 155 Å². The van der Waals surface area contributed by atoms with E-state index in [2.05, 4.69) is 5.32 Å². The molecule has 2 rings (SSSR count). The maximum atomic E-state index is 13.0. The van der Waals surface area contributed by atoms with Crippen LogP contribution in [-0.2, 0) is 14.3 Å². The lowest BCUT2D eigenvalue weighted by molar-refractivity contribution is -0.146. The van der Waals surface area contributed by atoms with Gasteiger partial charge >= 0.3 is 5.97 Å². The number of amides is 1. The van der Waals surface area contributed by atoms with Gasteiger partial charge < -0.3 is 19.5 Å². The van der Waals surface area contributed by atoms with E-state index in [9.17, 15) is 9.59 Å². The normalized spacial score (nSPS) is 16.0. The molecule has 0 atom stereocenters. The quantitative estimate of drug-likeness (QED) is 0.708. The summed E-state index contributed by atoms with van der Waals surface area (Å²) in [5.74, 6) is -0.211. The zero-order valence-corrected chi connectivity index (χ0v) is 15.9. The van der Waals surface area contributed by atoms with Gasteiger partial charge in [-0.2, -0.15) is 0 Å². The third kappa shape index (κ3) is 4.75. The second kappa shape index (κ2) is 9.57. The molecule has 1 aliphatic carbocycles. The Balaban J connectivity index is 2.22. The van der Waals surface area contributed by atoms with Crippen LogP contribution in [0.1, 0.15) is 62.7 Å². The Hall–Kier alpha value is -2.08. The fourth-order valence-corrected chi connectivity index (χ4v) is 3.26. The van der Waals surface area contributed by atoms with Crippen LogP contribution in [0.2, 0.25) is 0 Å². The third-order valence-corrected chi connectivity index (χ3v) is 4.60. The van der Waals surface area contributed by atoms with Gasteiger partial charge in [-0.3, -0.25) is 4.79 Å². The molecule has 1 aromatic rings. The van der Waals surface area contributed by atoms with Crippen molar-refractivity contribution in [3.05, 3.63) is 23.8 Å². The lowest BCUT2D eigenvalue weighted by Crippen LogP contribution is -2.47. The van der Waals surface area contributed by atoms with Gasteiger partial charge in [-0.25, -0.2) is 4.79 Å². The monoisotopic (exact) mass is 363 g/mol. The molecule has 0 radical (unpaired) electrons. The Kier molecular flexibility index (Phi) is 7.45. The summed E-state index contributed by atoms with van der Waals surface area (Å²) >= 11 is 0. The zero-order valence-electron chi connectivity index (χ0n) is 15.9. The predicted octanol–water partition coefficient (Wildman–Crippen LogP) is 3.94. The Morgan fingerprint density at radius 2 is 1.88 bits per heavy atom. The lowest BCUT2D eigenvalue weighted by atomic mass is 9.83. The summed E-state index contributed by atoms with van der Waals surface area (Å²) in [4.78, 5) is 25.0. The second-order valence-electron chi connectivity index (χ2n) is 6.49. The Morgan fingerprint density at radius 3 is 2.50 bits per heavy atom. The largest absolute Gasteiger partial charge is 0.493 e. The average Bonchev–Trinajstić information content (AvgIpc) is 2.67. The van der Waals surface area contributed by atoms with Crippen LogP contribution in [0.3, 0.4) is 0 Å². The van der Waals surface area contributed by atoms with Crippen molar-refractivity contribution < 1.29 is 23.8 Å². The molecule has 0 spiro atoms. The van der Waals surface area contributed by atoms with Gasteiger partial charge in [0.15, 0.2) is 0 Å². The number of carbonyl (C=O) groups is 2. The van der Waals surface area contributed by atoms with E-state index in [0.717, 1.165) is 38.5 Å². The number of anilines is 1. The lowest BCUT2D eigenvalue weighted by Gasteiger charge is -2.35. The van der Waals surface area contributed by atoms with Crippen molar-refractivity contribution in [2.75, 3.05) is 25.6 Å². The van der Waals surface area contributed by atoms with Crippen LogP contribution in [0.15, 0.2) is 18.2 Å².